The minimum Gasteiger partial charge on any atom is -0.338 e. The molecule has 2 aliphatic heterocycles. The fourth-order valence-electron chi connectivity index (χ4n) is 3.13. The number of nitrogens with zero attached hydrogens (tertiary/aromatic N) is 4. The fourth-order valence-corrected chi connectivity index (χ4v) is 3.83. The third-order valence-corrected chi connectivity index (χ3v) is 5.39. The Balaban J connectivity index is 1.39. The molecule has 2 aliphatic rings. The number of rotatable bonds is 3. The molecule has 7 heteroatoms. The molecule has 0 spiro atoms. The van der Waals surface area contributed by atoms with Crippen molar-refractivity contribution in [2.24, 2.45) is 0 Å². The molecule has 0 bridgehead atoms. The summed E-state index contributed by atoms with van der Waals surface area (Å²) in [6.45, 7) is 2.43. The van der Waals surface area contributed by atoms with Crippen LogP contribution in [0.25, 0.3) is 0 Å². The molecule has 4 heterocycles. The van der Waals surface area contributed by atoms with E-state index in [0.717, 1.165) is 29.6 Å². The highest BCUT2D eigenvalue weighted by atomic mass is 32.1. The minimum absolute atomic E-state index is 0.102. The van der Waals surface area contributed by atoms with Gasteiger partial charge in [-0.1, -0.05) is 11.2 Å². The molecule has 1 atom stereocenters. The lowest BCUT2D eigenvalue weighted by atomic mass is 9.99. The molecule has 2 aromatic rings. The van der Waals surface area contributed by atoms with Gasteiger partial charge in [0.05, 0.1) is 16.8 Å². The Labute approximate surface area is 132 Å². The second-order valence-corrected chi connectivity index (χ2v) is 6.96. The van der Waals surface area contributed by atoms with E-state index in [0.29, 0.717) is 13.1 Å². The molecule has 2 saturated heterocycles. The molecule has 6 nitrogen and oxygen atoms in total. The van der Waals surface area contributed by atoms with E-state index in [1.54, 1.807) is 0 Å². The molecule has 2 aromatic heterocycles. The van der Waals surface area contributed by atoms with Gasteiger partial charge in [-0.05, 0) is 37.9 Å². The van der Waals surface area contributed by atoms with Gasteiger partial charge in [-0.2, -0.15) is 4.98 Å². The predicted molar refractivity (Wildman–Crippen MR) is 81.9 cm³/mol. The summed E-state index contributed by atoms with van der Waals surface area (Å²) in [7, 11) is 2.09. The zero-order chi connectivity index (χ0) is 15.1. The van der Waals surface area contributed by atoms with E-state index in [1.807, 2.05) is 22.4 Å². The lowest BCUT2D eigenvalue weighted by Crippen LogP contribution is -2.48. The molecule has 4 rings (SSSR count). The Kier molecular flexibility index (Phi) is 3.46. The van der Waals surface area contributed by atoms with E-state index >= 15 is 0 Å². The van der Waals surface area contributed by atoms with Crippen molar-refractivity contribution < 1.29 is 9.32 Å². The van der Waals surface area contributed by atoms with Gasteiger partial charge in [0, 0.05) is 13.1 Å². The molecular formula is C15H18N4O2S. The molecule has 116 valence electrons. The average Bonchev–Trinajstić information content (AvgIpc) is 3.16. The zero-order valence-corrected chi connectivity index (χ0v) is 13.3. The summed E-state index contributed by atoms with van der Waals surface area (Å²) in [5, 5.41) is 6.05. The second-order valence-electron chi connectivity index (χ2n) is 6.01. The summed E-state index contributed by atoms with van der Waals surface area (Å²) in [6, 6.07) is 4.02. The molecule has 0 radical (unpaired) electrons. The minimum atomic E-state index is 0.102. The SMILES string of the molecule is CN1CCCC1c1nc(C2CN(C(=O)c3cccs3)C2)no1. The molecule has 0 saturated carbocycles. The monoisotopic (exact) mass is 318 g/mol. The predicted octanol–water partition coefficient (Wildman–Crippen LogP) is 2.14. The van der Waals surface area contributed by atoms with Gasteiger partial charge in [0.1, 0.15) is 0 Å². The number of aromatic nitrogens is 2. The molecule has 2 fully saturated rings. The molecule has 1 unspecified atom stereocenters. The van der Waals surface area contributed by atoms with Crippen LogP contribution in [-0.4, -0.2) is 52.5 Å². The number of hydrogen-bond donors (Lipinski definition) is 0. The maximum Gasteiger partial charge on any atom is 0.263 e. The maximum atomic E-state index is 12.2. The quantitative estimate of drug-likeness (QED) is 0.867. The van der Waals surface area contributed by atoms with Gasteiger partial charge in [0.25, 0.3) is 5.91 Å². The molecule has 0 aliphatic carbocycles. The summed E-state index contributed by atoms with van der Waals surface area (Å²) in [4.78, 5) is 21.6. The van der Waals surface area contributed by atoms with E-state index in [2.05, 4.69) is 22.1 Å². The first kappa shape index (κ1) is 13.9. The van der Waals surface area contributed by atoms with Crippen molar-refractivity contribution in [3.63, 3.8) is 0 Å². The Morgan fingerprint density at radius 1 is 1.45 bits per heavy atom. The van der Waals surface area contributed by atoms with Crippen LogP contribution in [0.2, 0.25) is 0 Å². The first-order valence-corrected chi connectivity index (χ1v) is 8.47. The largest absolute Gasteiger partial charge is 0.338 e. The summed E-state index contributed by atoms with van der Waals surface area (Å²) in [5.74, 6) is 1.77. The zero-order valence-electron chi connectivity index (χ0n) is 12.4. The number of hydrogen-bond acceptors (Lipinski definition) is 6. The Bertz CT molecular complexity index is 663. The molecular weight excluding hydrogens is 300 g/mol. The number of amides is 1. The lowest BCUT2D eigenvalue weighted by Gasteiger charge is -2.37. The highest BCUT2D eigenvalue weighted by Gasteiger charge is 2.37. The molecule has 0 aromatic carbocycles. The van der Waals surface area contributed by atoms with Crippen LogP contribution in [0.1, 0.15) is 46.2 Å². The van der Waals surface area contributed by atoms with Gasteiger partial charge in [-0.15, -0.1) is 11.3 Å². The third-order valence-electron chi connectivity index (χ3n) is 4.53. The average molecular weight is 318 g/mol. The van der Waals surface area contributed by atoms with Crippen molar-refractivity contribution in [3.05, 3.63) is 34.1 Å². The summed E-state index contributed by atoms with van der Waals surface area (Å²) in [5.41, 5.74) is 0. The normalized spacial score (nSPS) is 23.0. The first-order valence-electron chi connectivity index (χ1n) is 7.59. The van der Waals surface area contributed by atoms with Crippen LogP contribution in [-0.2, 0) is 0 Å². The molecule has 22 heavy (non-hydrogen) atoms. The van der Waals surface area contributed by atoms with E-state index in [9.17, 15) is 4.79 Å². The van der Waals surface area contributed by atoms with Crippen molar-refractivity contribution in [2.45, 2.75) is 24.8 Å². The van der Waals surface area contributed by atoms with Crippen LogP contribution in [0.15, 0.2) is 22.0 Å². The Morgan fingerprint density at radius 2 is 2.32 bits per heavy atom. The highest BCUT2D eigenvalue weighted by Crippen LogP contribution is 2.32. The van der Waals surface area contributed by atoms with Crippen LogP contribution >= 0.6 is 11.3 Å². The Hall–Kier alpha value is -1.73. The van der Waals surface area contributed by atoms with E-state index in [1.165, 1.54) is 17.8 Å². The van der Waals surface area contributed by atoms with Gasteiger partial charge in [-0.3, -0.25) is 9.69 Å². The van der Waals surface area contributed by atoms with Gasteiger partial charge in [0.15, 0.2) is 5.82 Å². The lowest BCUT2D eigenvalue weighted by molar-refractivity contribution is 0.0597. The van der Waals surface area contributed by atoms with Crippen LogP contribution in [0.5, 0.6) is 0 Å². The highest BCUT2D eigenvalue weighted by molar-refractivity contribution is 7.12. The van der Waals surface area contributed by atoms with Gasteiger partial charge < -0.3 is 9.42 Å². The van der Waals surface area contributed by atoms with Crippen molar-refractivity contribution in [3.8, 4) is 0 Å². The maximum absolute atomic E-state index is 12.2. The second kappa shape index (κ2) is 5.48. The number of carbonyl (C=O) groups excluding carboxylic acids is 1. The summed E-state index contributed by atoms with van der Waals surface area (Å²) < 4.78 is 5.44. The van der Waals surface area contributed by atoms with Crippen LogP contribution < -0.4 is 0 Å². The van der Waals surface area contributed by atoms with Crippen LogP contribution in [0.3, 0.4) is 0 Å². The number of carbonyl (C=O) groups is 1. The number of likely N-dealkylation sites (tertiary alicyclic amines) is 2. The van der Waals surface area contributed by atoms with Gasteiger partial charge in [-0.25, -0.2) is 0 Å². The summed E-state index contributed by atoms with van der Waals surface area (Å²) in [6.07, 6.45) is 2.25. The smallest absolute Gasteiger partial charge is 0.263 e. The standard InChI is InChI=1S/C15H18N4O2S/c1-18-6-2-4-11(18)14-16-13(17-21-14)10-8-19(9-10)15(20)12-5-3-7-22-12/h3,5,7,10-11H,2,4,6,8-9H2,1H3. The summed E-state index contributed by atoms with van der Waals surface area (Å²) >= 11 is 1.48. The van der Waals surface area contributed by atoms with E-state index in [4.69, 9.17) is 4.52 Å². The molecule has 0 N–H and O–H groups in total. The van der Waals surface area contributed by atoms with E-state index < -0.39 is 0 Å². The fraction of sp³-hybridized carbons (Fsp3) is 0.533. The van der Waals surface area contributed by atoms with Crippen molar-refractivity contribution in [1.82, 2.24) is 19.9 Å². The van der Waals surface area contributed by atoms with Crippen molar-refractivity contribution in [1.29, 1.82) is 0 Å². The number of thiophene rings is 1. The topological polar surface area (TPSA) is 62.5 Å². The first-order chi connectivity index (χ1) is 10.7. The van der Waals surface area contributed by atoms with Crippen molar-refractivity contribution >= 4 is 17.2 Å². The van der Waals surface area contributed by atoms with Gasteiger partial charge in [0.2, 0.25) is 5.89 Å². The van der Waals surface area contributed by atoms with Gasteiger partial charge >= 0.3 is 0 Å². The van der Waals surface area contributed by atoms with E-state index in [-0.39, 0.29) is 17.9 Å². The van der Waals surface area contributed by atoms with Crippen LogP contribution in [0, 0.1) is 0 Å². The van der Waals surface area contributed by atoms with Crippen LogP contribution in [0.4, 0.5) is 0 Å². The Morgan fingerprint density at radius 3 is 3.00 bits per heavy atom. The van der Waals surface area contributed by atoms with Crippen molar-refractivity contribution in [2.75, 3.05) is 26.7 Å². The third kappa shape index (κ3) is 2.34. The molecule has 1 amide bonds.